The second kappa shape index (κ2) is 16.4. The van der Waals surface area contributed by atoms with Crippen LogP contribution in [-0.4, -0.2) is 70.5 Å². The fourth-order valence-electron chi connectivity index (χ4n) is 8.76. The zero-order valence-corrected chi connectivity index (χ0v) is 29.1. The summed E-state index contributed by atoms with van der Waals surface area (Å²) in [5, 5.41) is 11.0. The molecular formula is C36H54F5NO4S. The van der Waals surface area contributed by atoms with Crippen LogP contribution in [0.3, 0.4) is 0 Å². The predicted molar refractivity (Wildman–Crippen MR) is 175 cm³/mol. The van der Waals surface area contributed by atoms with E-state index >= 15 is 0 Å². The Kier molecular flexibility index (Phi) is 13.3. The number of ether oxygens (including phenoxy) is 1. The molecule has 0 spiro atoms. The Morgan fingerprint density at radius 2 is 1.64 bits per heavy atom. The van der Waals surface area contributed by atoms with Gasteiger partial charge >= 0.3 is 18.1 Å². The van der Waals surface area contributed by atoms with Crippen molar-refractivity contribution in [2.24, 2.45) is 23.2 Å². The average molecular weight is 692 g/mol. The van der Waals surface area contributed by atoms with E-state index in [2.05, 4.69) is 19.1 Å². The number of unbranched alkanes of at least 4 members (excludes halogenated alkanes) is 6. The van der Waals surface area contributed by atoms with Crippen molar-refractivity contribution in [3.05, 3.63) is 29.3 Å². The number of halogens is 5. The number of fused-ring (bicyclic) bond motifs is 5. The number of carbonyl (C=O) groups excluding carboxylic acids is 1. The highest BCUT2D eigenvalue weighted by Gasteiger charge is 2.57. The quantitative estimate of drug-likeness (QED) is 0.0769. The molecule has 7 atom stereocenters. The molecule has 2 saturated carbocycles. The van der Waals surface area contributed by atoms with E-state index in [1.165, 1.54) is 11.1 Å². The first-order valence-electron chi connectivity index (χ1n) is 17.6. The second-order valence-corrected chi connectivity index (χ2v) is 16.6. The van der Waals surface area contributed by atoms with Crippen molar-refractivity contribution in [1.82, 2.24) is 4.90 Å². The number of likely N-dealkylation sites (N-methyl/N-ethyl adjacent to an activating group) is 1. The van der Waals surface area contributed by atoms with Gasteiger partial charge in [-0.25, -0.2) is 0 Å². The van der Waals surface area contributed by atoms with Gasteiger partial charge in [-0.05, 0) is 118 Å². The van der Waals surface area contributed by atoms with Crippen molar-refractivity contribution in [2.75, 3.05) is 32.1 Å². The van der Waals surface area contributed by atoms with E-state index in [0.717, 1.165) is 77.0 Å². The van der Waals surface area contributed by atoms with Crippen LogP contribution in [0.4, 0.5) is 22.0 Å². The topological polar surface area (TPSA) is 66.8 Å². The van der Waals surface area contributed by atoms with Crippen LogP contribution in [0, 0.1) is 23.2 Å². The van der Waals surface area contributed by atoms with Gasteiger partial charge in [0.2, 0.25) is 0 Å². The summed E-state index contributed by atoms with van der Waals surface area (Å²) < 4.78 is 80.6. The van der Waals surface area contributed by atoms with E-state index in [9.17, 15) is 36.1 Å². The molecule has 1 aromatic carbocycles. The Labute approximate surface area is 279 Å². The molecular weight excluding hydrogens is 637 g/mol. The number of nitrogens with zero attached hydrogens (tertiary/aromatic N) is 1. The molecule has 11 heteroatoms. The molecule has 1 unspecified atom stereocenters. The summed E-state index contributed by atoms with van der Waals surface area (Å²) in [6.07, 6.45) is 5.59. The van der Waals surface area contributed by atoms with Gasteiger partial charge in [0.05, 0.1) is 12.6 Å². The first-order chi connectivity index (χ1) is 22.1. The van der Waals surface area contributed by atoms with E-state index in [0.29, 0.717) is 41.6 Å². The molecule has 5 nitrogen and oxygen atoms in total. The van der Waals surface area contributed by atoms with Crippen molar-refractivity contribution in [3.63, 3.8) is 0 Å². The maximum atomic E-state index is 13.0. The number of rotatable bonds is 17. The van der Waals surface area contributed by atoms with E-state index < -0.39 is 35.7 Å². The average Bonchev–Trinajstić information content (AvgIpc) is 3.28. The Hall–Kier alpha value is -1.59. The van der Waals surface area contributed by atoms with Crippen molar-refractivity contribution in [2.45, 2.75) is 127 Å². The second-order valence-electron chi connectivity index (χ2n) is 14.9. The van der Waals surface area contributed by atoms with E-state index in [-0.39, 0.29) is 29.8 Å². The van der Waals surface area contributed by atoms with Crippen LogP contribution in [0.1, 0.15) is 114 Å². The highest BCUT2D eigenvalue weighted by molar-refractivity contribution is 7.84. The van der Waals surface area contributed by atoms with Gasteiger partial charge < -0.3 is 9.84 Å². The highest BCUT2D eigenvalue weighted by atomic mass is 32.2. The monoisotopic (exact) mass is 691 g/mol. The van der Waals surface area contributed by atoms with Crippen LogP contribution in [0.5, 0.6) is 5.75 Å². The van der Waals surface area contributed by atoms with E-state index in [1.54, 1.807) is 4.90 Å². The number of aliphatic hydroxyl groups excluding tert-OH is 1. The number of aliphatic hydroxyl groups is 1. The van der Waals surface area contributed by atoms with Crippen LogP contribution in [0.2, 0.25) is 0 Å². The lowest BCUT2D eigenvalue weighted by atomic mass is 9.52. The lowest BCUT2D eigenvalue weighted by Gasteiger charge is -2.53. The van der Waals surface area contributed by atoms with Gasteiger partial charge in [0.25, 0.3) is 0 Å². The molecule has 47 heavy (non-hydrogen) atoms. The summed E-state index contributed by atoms with van der Waals surface area (Å²) >= 11 is 0. The summed E-state index contributed by atoms with van der Waals surface area (Å²) in [5.41, 5.74) is 2.67. The predicted octanol–water partition coefficient (Wildman–Crippen LogP) is 8.44. The maximum Gasteiger partial charge on any atom is 0.453 e. The van der Waals surface area contributed by atoms with Gasteiger partial charge in [0.15, 0.2) is 0 Å². The first kappa shape index (κ1) is 38.2. The summed E-state index contributed by atoms with van der Waals surface area (Å²) in [6.45, 7) is 2.53. The molecule has 0 aromatic heterocycles. The molecule has 268 valence electrons. The normalized spacial score (nSPS) is 28.1. The molecule has 0 heterocycles. The Bertz CT molecular complexity index is 1210. The standard InChI is InChI=1S/C36H54F5NO4S/c1-34-19-17-29-28-14-13-27(46-32(44)24-42(2)3)23-26(28)22-25(33(29)30(34)15-16-31(34)43)12-9-7-5-4-6-8-10-20-47(45)21-11-18-35(37,38)36(39,40)41/h13-14,23,25,29-31,33,43H,4-12,15-22,24H2,1-3H3/t25-,29-,30+,31+,33-,34+,47?/m1/s1. The SMILES string of the molecule is CN(C)CC(=O)Oc1ccc2c(c1)C[C@@H](CCCCCCCCCS(=O)CCCC(F)(F)C(F)(F)F)[C@@H]1[C@@H]2CC[C@]2(C)[C@@H](O)CC[C@@H]12. The third-order valence-electron chi connectivity index (χ3n) is 11.2. The first-order valence-corrected chi connectivity index (χ1v) is 19.1. The smallest absolute Gasteiger partial charge is 0.426 e. The summed E-state index contributed by atoms with van der Waals surface area (Å²) in [5.74, 6) is -2.13. The zero-order chi connectivity index (χ0) is 34.4. The minimum absolute atomic E-state index is 0.0175. The Morgan fingerprint density at radius 3 is 2.32 bits per heavy atom. The number of alkyl halides is 5. The number of hydrogen-bond acceptors (Lipinski definition) is 5. The molecule has 3 aliphatic carbocycles. The Balaban J connectivity index is 1.23. The molecule has 0 bridgehead atoms. The lowest BCUT2D eigenvalue weighted by molar-refractivity contribution is -0.284. The molecule has 0 radical (unpaired) electrons. The number of hydrogen-bond donors (Lipinski definition) is 1. The van der Waals surface area contributed by atoms with Crippen LogP contribution < -0.4 is 4.74 Å². The number of esters is 1. The van der Waals surface area contributed by atoms with Gasteiger partial charge in [-0.1, -0.05) is 51.5 Å². The molecule has 0 aliphatic heterocycles. The van der Waals surface area contributed by atoms with Gasteiger partial charge in [-0.2, -0.15) is 22.0 Å². The summed E-state index contributed by atoms with van der Waals surface area (Å²) in [4.78, 5) is 14.1. The van der Waals surface area contributed by atoms with Crippen LogP contribution in [0.15, 0.2) is 18.2 Å². The van der Waals surface area contributed by atoms with Crippen molar-refractivity contribution in [3.8, 4) is 5.75 Å². The molecule has 2 fully saturated rings. The van der Waals surface area contributed by atoms with Crippen molar-refractivity contribution >= 4 is 16.8 Å². The third-order valence-corrected chi connectivity index (χ3v) is 12.7. The lowest BCUT2D eigenvalue weighted by Crippen LogP contribution is -2.47. The molecule has 0 amide bonds. The molecule has 3 aliphatic rings. The number of carbonyl (C=O) groups is 1. The summed E-state index contributed by atoms with van der Waals surface area (Å²) in [6, 6.07) is 6.20. The third kappa shape index (κ3) is 9.77. The summed E-state index contributed by atoms with van der Waals surface area (Å²) in [7, 11) is 2.31. The molecule has 1 N–H and O–H groups in total. The fourth-order valence-corrected chi connectivity index (χ4v) is 9.96. The van der Waals surface area contributed by atoms with E-state index in [1.807, 2.05) is 20.2 Å². The van der Waals surface area contributed by atoms with Crippen LogP contribution in [-0.2, 0) is 22.0 Å². The minimum atomic E-state index is -5.55. The highest BCUT2D eigenvalue weighted by Crippen LogP contribution is 2.62. The Morgan fingerprint density at radius 1 is 0.979 bits per heavy atom. The largest absolute Gasteiger partial charge is 0.453 e. The zero-order valence-electron chi connectivity index (χ0n) is 28.3. The van der Waals surface area contributed by atoms with Crippen LogP contribution >= 0.6 is 0 Å². The van der Waals surface area contributed by atoms with Crippen LogP contribution in [0.25, 0.3) is 0 Å². The minimum Gasteiger partial charge on any atom is -0.426 e. The molecule has 1 aromatic rings. The molecule has 0 saturated heterocycles. The fraction of sp³-hybridized carbons (Fsp3) is 0.806. The van der Waals surface area contributed by atoms with Crippen molar-refractivity contribution < 1.29 is 40.8 Å². The molecule has 4 rings (SSSR count). The van der Waals surface area contributed by atoms with Gasteiger partial charge in [0.1, 0.15) is 5.75 Å². The van der Waals surface area contributed by atoms with Gasteiger partial charge in [-0.3, -0.25) is 13.9 Å². The van der Waals surface area contributed by atoms with E-state index in [4.69, 9.17) is 4.74 Å². The van der Waals surface area contributed by atoms with Gasteiger partial charge in [-0.15, -0.1) is 0 Å². The maximum absolute atomic E-state index is 13.0. The van der Waals surface area contributed by atoms with Gasteiger partial charge in [0, 0.05) is 28.7 Å². The van der Waals surface area contributed by atoms with Crippen molar-refractivity contribution in [1.29, 1.82) is 0 Å². The number of benzene rings is 1.